The van der Waals surface area contributed by atoms with Crippen molar-refractivity contribution in [2.45, 2.75) is 52.1 Å². The van der Waals surface area contributed by atoms with E-state index in [0.717, 1.165) is 24.3 Å². The van der Waals surface area contributed by atoms with Gasteiger partial charge in [0.05, 0.1) is 19.1 Å². The third-order valence-electron chi connectivity index (χ3n) is 4.51. The summed E-state index contributed by atoms with van der Waals surface area (Å²) in [5.41, 5.74) is 3.54. The highest BCUT2D eigenvalue weighted by Gasteiger charge is 2.29. The summed E-state index contributed by atoms with van der Waals surface area (Å²) in [6.07, 6.45) is 2.27. The molecule has 1 unspecified atom stereocenters. The molecule has 0 radical (unpaired) electrons. The fraction of sp³-hybridized carbons (Fsp3) is 0.526. The Balaban J connectivity index is 1.51. The molecule has 1 heterocycles. The summed E-state index contributed by atoms with van der Waals surface area (Å²) in [6.45, 7) is 6.94. The average molecular weight is 342 g/mol. The highest BCUT2D eigenvalue weighted by atomic mass is 16.5. The van der Waals surface area contributed by atoms with E-state index in [2.05, 4.69) is 47.5 Å². The predicted octanol–water partition coefficient (Wildman–Crippen LogP) is 2.87. The number of likely N-dealkylation sites (N-methyl/N-ethyl adjacent to an activating group) is 1. The van der Waals surface area contributed by atoms with Crippen molar-refractivity contribution in [1.29, 1.82) is 0 Å². The fourth-order valence-electron chi connectivity index (χ4n) is 2.96. The van der Waals surface area contributed by atoms with Crippen molar-refractivity contribution in [2.75, 3.05) is 13.6 Å². The Morgan fingerprint density at radius 3 is 2.88 bits per heavy atom. The number of carbonyl (C=O) groups is 1. The molecule has 1 fully saturated rings. The zero-order valence-corrected chi connectivity index (χ0v) is 15.4. The van der Waals surface area contributed by atoms with Crippen LogP contribution in [0.2, 0.25) is 0 Å². The van der Waals surface area contributed by atoms with Gasteiger partial charge in [0.25, 0.3) is 0 Å². The first-order valence-corrected chi connectivity index (χ1v) is 8.80. The summed E-state index contributed by atoms with van der Waals surface area (Å²) in [5.74, 6) is 1.81. The highest BCUT2D eigenvalue weighted by Crippen LogP contribution is 2.38. The second kappa shape index (κ2) is 7.35. The highest BCUT2D eigenvalue weighted by molar-refractivity contribution is 5.78. The van der Waals surface area contributed by atoms with Gasteiger partial charge in [-0.3, -0.25) is 9.69 Å². The van der Waals surface area contributed by atoms with Gasteiger partial charge in [-0.05, 0) is 51.8 Å². The molecule has 1 saturated carbocycles. The van der Waals surface area contributed by atoms with Crippen molar-refractivity contribution in [3.05, 3.63) is 46.6 Å². The minimum absolute atomic E-state index is 0.0122. The molecule has 0 spiro atoms. The minimum atomic E-state index is -0.0209. The van der Waals surface area contributed by atoms with E-state index in [1.165, 1.54) is 11.1 Å². The summed E-state index contributed by atoms with van der Waals surface area (Å²) < 4.78 is 5.25. The molecule has 3 rings (SSSR count). The van der Waals surface area contributed by atoms with E-state index in [9.17, 15) is 4.79 Å². The van der Waals surface area contributed by atoms with Gasteiger partial charge in [-0.1, -0.05) is 28.9 Å². The summed E-state index contributed by atoms with van der Waals surface area (Å²) in [7, 11) is 1.88. The van der Waals surface area contributed by atoms with Crippen LogP contribution in [0.1, 0.15) is 60.1 Å². The third kappa shape index (κ3) is 4.66. The van der Waals surface area contributed by atoms with Crippen LogP contribution < -0.4 is 5.32 Å². The Morgan fingerprint density at radius 2 is 2.16 bits per heavy atom. The molecule has 0 saturated heterocycles. The number of aryl methyl sites for hydroxylation is 2. The predicted molar refractivity (Wildman–Crippen MR) is 95.1 cm³/mol. The maximum atomic E-state index is 12.3. The van der Waals surface area contributed by atoms with Crippen molar-refractivity contribution in [1.82, 2.24) is 20.4 Å². The second-order valence-corrected chi connectivity index (χ2v) is 7.14. The Morgan fingerprint density at radius 1 is 1.40 bits per heavy atom. The quantitative estimate of drug-likeness (QED) is 0.838. The summed E-state index contributed by atoms with van der Waals surface area (Å²) >= 11 is 0. The molecule has 1 aliphatic rings. The lowest BCUT2D eigenvalue weighted by Crippen LogP contribution is -2.36. The van der Waals surface area contributed by atoms with E-state index in [1.54, 1.807) is 0 Å². The molecular weight excluding hydrogens is 316 g/mol. The van der Waals surface area contributed by atoms with E-state index >= 15 is 0 Å². The van der Waals surface area contributed by atoms with Gasteiger partial charge in [0, 0.05) is 5.92 Å². The van der Waals surface area contributed by atoms with E-state index in [0.29, 0.717) is 24.8 Å². The molecule has 2 aromatic rings. The average Bonchev–Trinajstić information content (AvgIpc) is 3.29. The molecule has 1 amide bonds. The molecule has 1 N–H and O–H groups in total. The van der Waals surface area contributed by atoms with Crippen molar-refractivity contribution >= 4 is 5.91 Å². The zero-order valence-electron chi connectivity index (χ0n) is 15.4. The number of carbonyl (C=O) groups excluding carboxylic acids is 1. The van der Waals surface area contributed by atoms with Crippen LogP contribution in [0, 0.1) is 13.8 Å². The van der Waals surface area contributed by atoms with Gasteiger partial charge in [-0.15, -0.1) is 0 Å². The number of rotatable bonds is 7. The maximum absolute atomic E-state index is 12.3. The molecule has 0 bridgehead atoms. The molecule has 25 heavy (non-hydrogen) atoms. The van der Waals surface area contributed by atoms with Crippen LogP contribution in [0.5, 0.6) is 0 Å². The van der Waals surface area contributed by atoms with Gasteiger partial charge in [0.15, 0.2) is 5.82 Å². The second-order valence-electron chi connectivity index (χ2n) is 7.14. The number of aromatic nitrogens is 2. The van der Waals surface area contributed by atoms with Crippen LogP contribution in [-0.2, 0) is 11.3 Å². The topological polar surface area (TPSA) is 71.3 Å². The number of nitrogens with one attached hydrogen (secondary N) is 1. The lowest BCUT2D eigenvalue weighted by molar-refractivity contribution is -0.122. The molecule has 1 atom stereocenters. The van der Waals surface area contributed by atoms with Gasteiger partial charge < -0.3 is 9.84 Å². The van der Waals surface area contributed by atoms with Crippen molar-refractivity contribution in [2.24, 2.45) is 0 Å². The zero-order chi connectivity index (χ0) is 18.0. The molecule has 1 aliphatic carbocycles. The SMILES string of the molecule is Cc1ccc(C)c(C(C)NC(=O)CN(C)Cc2noc(C3CC3)n2)c1. The first kappa shape index (κ1) is 17.6. The molecule has 0 aliphatic heterocycles. The largest absolute Gasteiger partial charge is 0.348 e. The van der Waals surface area contributed by atoms with E-state index in [4.69, 9.17) is 4.52 Å². The summed E-state index contributed by atoms with van der Waals surface area (Å²) in [6, 6.07) is 6.28. The number of nitrogens with zero attached hydrogens (tertiary/aromatic N) is 3. The van der Waals surface area contributed by atoms with Crippen molar-refractivity contribution in [3.8, 4) is 0 Å². The maximum Gasteiger partial charge on any atom is 0.234 e. The molecule has 1 aromatic heterocycles. The van der Waals surface area contributed by atoms with Gasteiger partial charge in [0.1, 0.15) is 0 Å². The first-order valence-electron chi connectivity index (χ1n) is 8.80. The first-order chi connectivity index (χ1) is 11.9. The summed E-state index contributed by atoms with van der Waals surface area (Å²) in [5, 5.41) is 7.06. The fourth-order valence-corrected chi connectivity index (χ4v) is 2.96. The molecule has 6 nitrogen and oxygen atoms in total. The van der Waals surface area contributed by atoms with E-state index in [1.807, 2.05) is 18.9 Å². The van der Waals surface area contributed by atoms with E-state index in [-0.39, 0.29) is 11.9 Å². The Labute approximate surface area is 148 Å². The molecule has 1 aromatic carbocycles. The van der Waals surface area contributed by atoms with Crippen LogP contribution >= 0.6 is 0 Å². The smallest absolute Gasteiger partial charge is 0.234 e. The van der Waals surface area contributed by atoms with Crippen LogP contribution in [0.25, 0.3) is 0 Å². The van der Waals surface area contributed by atoms with Crippen LogP contribution in [0.3, 0.4) is 0 Å². The monoisotopic (exact) mass is 342 g/mol. The summed E-state index contributed by atoms with van der Waals surface area (Å²) in [4.78, 5) is 18.6. The number of amides is 1. The Kier molecular flexibility index (Phi) is 5.18. The molecule has 6 heteroatoms. The lowest BCUT2D eigenvalue weighted by Gasteiger charge is -2.20. The van der Waals surface area contributed by atoms with Crippen molar-refractivity contribution in [3.63, 3.8) is 0 Å². The van der Waals surface area contributed by atoms with Gasteiger partial charge in [-0.2, -0.15) is 4.98 Å². The van der Waals surface area contributed by atoms with E-state index < -0.39 is 0 Å². The van der Waals surface area contributed by atoms with Crippen LogP contribution in [0.4, 0.5) is 0 Å². The van der Waals surface area contributed by atoms with Gasteiger partial charge in [0.2, 0.25) is 11.8 Å². The Bertz CT molecular complexity index is 752. The van der Waals surface area contributed by atoms with Crippen molar-refractivity contribution < 1.29 is 9.32 Å². The van der Waals surface area contributed by atoms with Crippen LogP contribution in [0.15, 0.2) is 22.7 Å². The van der Waals surface area contributed by atoms with Gasteiger partial charge >= 0.3 is 0 Å². The van der Waals surface area contributed by atoms with Gasteiger partial charge in [-0.25, -0.2) is 0 Å². The number of hydrogen-bond donors (Lipinski definition) is 1. The minimum Gasteiger partial charge on any atom is -0.348 e. The molecule has 134 valence electrons. The lowest BCUT2D eigenvalue weighted by atomic mass is 10.00. The molecular formula is C19H26N4O2. The number of hydrogen-bond acceptors (Lipinski definition) is 5. The number of benzene rings is 1. The Hall–Kier alpha value is -2.21. The standard InChI is InChI=1S/C19H26N4O2/c1-12-5-6-13(2)16(9-12)14(3)20-18(24)11-23(4)10-17-21-19(25-22-17)15-7-8-15/h5-6,9,14-15H,7-8,10-11H2,1-4H3,(H,20,24). The van der Waals surface area contributed by atoms with Crippen LogP contribution in [-0.4, -0.2) is 34.5 Å². The normalized spacial score (nSPS) is 15.4. The third-order valence-corrected chi connectivity index (χ3v) is 4.51.